The number of carbonyl (C=O) groups excluding carboxylic acids is 2. The van der Waals surface area contributed by atoms with Gasteiger partial charge in [0.05, 0.1) is 12.8 Å². The highest BCUT2D eigenvalue weighted by Crippen LogP contribution is 2.35. The fraction of sp³-hybridized carbons (Fsp3) is 0.500. The Balaban J connectivity index is 1.34. The fourth-order valence-electron chi connectivity index (χ4n) is 4.77. The summed E-state index contributed by atoms with van der Waals surface area (Å²) in [6, 6.07) is 6.07. The number of nitrogens with one attached hydrogen (secondary N) is 2. The van der Waals surface area contributed by atoms with Crippen molar-refractivity contribution in [3.63, 3.8) is 0 Å². The van der Waals surface area contributed by atoms with E-state index < -0.39 is 5.82 Å². The zero-order chi connectivity index (χ0) is 25.7. The van der Waals surface area contributed by atoms with E-state index in [1.807, 2.05) is 0 Å². The van der Waals surface area contributed by atoms with E-state index in [-0.39, 0.29) is 35.9 Å². The van der Waals surface area contributed by atoms with Crippen LogP contribution in [0.3, 0.4) is 0 Å². The predicted molar refractivity (Wildman–Crippen MR) is 131 cm³/mol. The van der Waals surface area contributed by atoms with Crippen LogP contribution in [0.1, 0.15) is 66.6 Å². The maximum absolute atomic E-state index is 13.6. The van der Waals surface area contributed by atoms with E-state index in [1.165, 1.54) is 13.2 Å². The largest absolute Gasteiger partial charge is 0.494 e. The molecule has 1 atom stereocenters. The summed E-state index contributed by atoms with van der Waals surface area (Å²) >= 11 is 0. The van der Waals surface area contributed by atoms with Crippen molar-refractivity contribution in [1.82, 2.24) is 20.6 Å². The third-order valence-corrected chi connectivity index (χ3v) is 6.78. The number of halogens is 1. The molecule has 2 aliphatic rings. The summed E-state index contributed by atoms with van der Waals surface area (Å²) in [6.45, 7) is 4.21. The molecule has 1 aliphatic carbocycles. The van der Waals surface area contributed by atoms with Gasteiger partial charge in [0.15, 0.2) is 11.6 Å². The number of hydrogen-bond acceptors (Lipinski definition) is 7. The molecule has 4 rings (SSSR count). The minimum absolute atomic E-state index is 0.0114. The lowest BCUT2D eigenvalue weighted by molar-refractivity contribution is -0.119. The molecule has 1 aromatic carbocycles. The number of methoxy groups -OCH3 is 1. The fourth-order valence-corrected chi connectivity index (χ4v) is 4.77. The summed E-state index contributed by atoms with van der Waals surface area (Å²) in [5, 5.41) is 10.0. The smallest absolute Gasteiger partial charge is 0.270 e. The Labute approximate surface area is 209 Å². The van der Waals surface area contributed by atoms with E-state index in [0.29, 0.717) is 41.1 Å². The first-order valence-corrected chi connectivity index (χ1v) is 12.3. The van der Waals surface area contributed by atoms with Crippen molar-refractivity contribution in [2.75, 3.05) is 13.7 Å². The Kier molecular flexibility index (Phi) is 8.12. The minimum atomic E-state index is -0.459. The van der Waals surface area contributed by atoms with Crippen molar-refractivity contribution >= 4 is 17.5 Å². The second kappa shape index (κ2) is 11.5. The number of ether oxygens (including phenoxy) is 1. The standard InChI is InChI=1S/C26H32FN5O4/c1-15-30-21(11-23(31-15)26(34)29-14-18-6-9-20(27)25(10-18)35-3)22-12-24(36-32-22)19-7-4-17(5-8-19)13-28-16(2)33/h6,9-11,17,19,24H,4-5,7-8,12-14H2,1-3H3,(H,28,33)(H,29,34)/t17-,19-,24?. The van der Waals surface area contributed by atoms with Crippen molar-refractivity contribution in [3.05, 3.63) is 52.9 Å². The molecular weight excluding hydrogens is 465 g/mol. The summed E-state index contributed by atoms with van der Waals surface area (Å²) in [5.41, 5.74) is 2.23. The second-order valence-electron chi connectivity index (χ2n) is 9.44. The van der Waals surface area contributed by atoms with Gasteiger partial charge in [-0.15, -0.1) is 0 Å². The average Bonchev–Trinajstić information content (AvgIpc) is 3.37. The molecule has 0 saturated heterocycles. The second-order valence-corrected chi connectivity index (χ2v) is 9.44. The molecule has 1 aromatic heterocycles. The van der Waals surface area contributed by atoms with Crippen LogP contribution in [0.15, 0.2) is 29.4 Å². The summed E-state index contributed by atoms with van der Waals surface area (Å²) in [4.78, 5) is 38.5. The first kappa shape index (κ1) is 25.5. The van der Waals surface area contributed by atoms with Gasteiger partial charge in [-0.05, 0) is 68.2 Å². The quantitative estimate of drug-likeness (QED) is 0.578. The van der Waals surface area contributed by atoms with Gasteiger partial charge >= 0.3 is 0 Å². The van der Waals surface area contributed by atoms with E-state index in [2.05, 4.69) is 25.8 Å². The molecule has 2 aromatic rings. The first-order chi connectivity index (χ1) is 17.3. The molecule has 2 heterocycles. The molecule has 0 spiro atoms. The van der Waals surface area contributed by atoms with E-state index in [1.54, 1.807) is 32.0 Å². The van der Waals surface area contributed by atoms with Crippen molar-refractivity contribution in [2.45, 2.75) is 58.6 Å². The van der Waals surface area contributed by atoms with Crippen molar-refractivity contribution < 1.29 is 23.6 Å². The third kappa shape index (κ3) is 6.35. The van der Waals surface area contributed by atoms with Crippen LogP contribution in [0, 0.1) is 24.6 Å². The van der Waals surface area contributed by atoms with Crippen LogP contribution >= 0.6 is 0 Å². The Hall–Kier alpha value is -3.56. The highest BCUT2D eigenvalue weighted by Gasteiger charge is 2.34. The van der Waals surface area contributed by atoms with Crippen LogP contribution in [0.25, 0.3) is 0 Å². The third-order valence-electron chi connectivity index (χ3n) is 6.78. The summed E-state index contributed by atoms with van der Waals surface area (Å²) in [7, 11) is 1.39. The van der Waals surface area contributed by atoms with Crippen LogP contribution in [0.4, 0.5) is 4.39 Å². The SMILES string of the molecule is COc1cc(CNC(=O)c2cc(C3=NOC([C@H]4CC[C@H](CNC(C)=O)CC4)C3)nc(C)n2)ccc1F. The van der Waals surface area contributed by atoms with Gasteiger partial charge in [-0.25, -0.2) is 14.4 Å². The molecule has 0 radical (unpaired) electrons. The number of aryl methyl sites for hydroxylation is 1. The molecule has 9 nitrogen and oxygen atoms in total. The van der Waals surface area contributed by atoms with E-state index in [0.717, 1.165) is 32.2 Å². The zero-order valence-electron chi connectivity index (χ0n) is 20.8. The summed E-state index contributed by atoms with van der Waals surface area (Å²) in [5.74, 6) is 0.686. The average molecular weight is 498 g/mol. The van der Waals surface area contributed by atoms with E-state index in [9.17, 15) is 14.0 Å². The predicted octanol–water partition coefficient (Wildman–Crippen LogP) is 3.30. The van der Waals surface area contributed by atoms with Crippen LogP contribution in [0.2, 0.25) is 0 Å². The lowest BCUT2D eigenvalue weighted by atomic mass is 9.78. The first-order valence-electron chi connectivity index (χ1n) is 12.3. The Morgan fingerprint density at radius 3 is 2.64 bits per heavy atom. The highest BCUT2D eigenvalue weighted by molar-refractivity contribution is 6.01. The zero-order valence-corrected chi connectivity index (χ0v) is 20.8. The van der Waals surface area contributed by atoms with Crippen molar-refractivity contribution in [1.29, 1.82) is 0 Å². The molecule has 0 bridgehead atoms. The Morgan fingerprint density at radius 2 is 1.92 bits per heavy atom. The number of hydrogen-bond donors (Lipinski definition) is 2. The molecule has 1 fully saturated rings. The highest BCUT2D eigenvalue weighted by atomic mass is 19.1. The topological polar surface area (TPSA) is 115 Å². The molecule has 192 valence electrons. The van der Waals surface area contributed by atoms with E-state index >= 15 is 0 Å². The number of rotatable bonds is 8. The molecule has 36 heavy (non-hydrogen) atoms. The number of aromatic nitrogens is 2. The van der Waals surface area contributed by atoms with Crippen LogP contribution in [0.5, 0.6) is 5.75 Å². The van der Waals surface area contributed by atoms with Gasteiger partial charge in [0.2, 0.25) is 5.91 Å². The Bertz CT molecular complexity index is 1150. The molecule has 1 unspecified atom stereocenters. The number of amides is 2. The Morgan fingerprint density at radius 1 is 1.14 bits per heavy atom. The molecule has 1 saturated carbocycles. The lowest BCUT2D eigenvalue weighted by Crippen LogP contribution is -2.32. The molecule has 1 aliphatic heterocycles. The number of carbonyl (C=O) groups is 2. The summed E-state index contributed by atoms with van der Waals surface area (Å²) < 4.78 is 18.6. The van der Waals surface area contributed by atoms with Gasteiger partial charge in [-0.1, -0.05) is 11.2 Å². The van der Waals surface area contributed by atoms with Gasteiger partial charge in [-0.3, -0.25) is 9.59 Å². The van der Waals surface area contributed by atoms with Gasteiger partial charge in [0.25, 0.3) is 5.91 Å². The minimum Gasteiger partial charge on any atom is -0.494 e. The maximum Gasteiger partial charge on any atom is 0.270 e. The lowest BCUT2D eigenvalue weighted by Gasteiger charge is -2.30. The van der Waals surface area contributed by atoms with E-state index in [4.69, 9.17) is 9.57 Å². The van der Waals surface area contributed by atoms with Crippen molar-refractivity contribution in [2.24, 2.45) is 17.0 Å². The van der Waals surface area contributed by atoms with Gasteiger partial charge < -0.3 is 20.2 Å². The number of nitrogens with zero attached hydrogens (tertiary/aromatic N) is 3. The van der Waals surface area contributed by atoms with Crippen molar-refractivity contribution in [3.8, 4) is 5.75 Å². The van der Waals surface area contributed by atoms with Crippen LogP contribution in [-0.4, -0.2) is 47.3 Å². The monoisotopic (exact) mass is 497 g/mol. The van der Waals surface area contributed by atoms with Gasteiger partial charge in [0.1, 0.15) is 23.3 Å². The number of benzene rings is 1. The van der Waals surface area contributed by atoms with Gasteiger partial charge in [0, 0.05) is 26.4 Å². The molecule has 10 heteroatoms. The molecular formula is C26H32FN5O4. The normalized spacial score (nSPS) is 21.3. The number of oxime groups is 1. The summed E-state index contributed by atoms with van der Waals surface area (Å²) in [6.07, 6.45) is 4.79. The van der Waals surface area contributed by atoms with Gasteiger partial charge in [-0.2, -0.15) is 0 Å². The maximum atomic E-state index is 13.6. The molecule has 2 N–H and O–H groups in total. The van der Waals surface area contributed by atoms with Crippen LogP contribution < -0.4 is 15.4 Å². The van der Waals surface area contributed by atoms with Crippen LogP contribution in [-0.2, 0) is 16.2 Å². The molecule has 2 amide bonds.